The monoisotopic (exact) mass is 367 g/mol. The van der Waals surface area contributed by atoms with Crippen molar-refractivity contribution in [3.63, 3.8) is 0 Å². The van der Waals surface area contributed by atoms with E-state index < -0.39 is 17.8 Å². The third-order valence-electron chi connectivity index (χ3n) is 4.05. The number of anilines is 1. The first kappa shape index (κ1) is 16.3. The summed E-state index contributed by atoms with van der Waals surface area (Å²) < 4.78 is 45.4. The van der Waals surface area contributed by atoms with Gasteiger partial charge in [-0.2, -0.15) is 28.4 Å². The van der Waals surface area contributed by atoms with Gasteiger partial charge in [0.15, 0.2) is 5.69 Å². The third-order valence-corrected chi connectivity index (χ3v) is 4.05. The van der Waals surface area contributed by atoms with Gasteiger partial charge in [0.25, 0.3) is 0 Å². The van der Waals surface area contributed by atoms with Crippen LogP contribution in [0.3, 0.4) is 0 Å². The van der Waals surface area contributed by atoms with Crippen molar-refractivity contribution in [2.75, 3.05) is 11.4 Å². The average molecular weight is 367 g/mol. The van der Waals surface area contributed by atoms with Crippen LogP contribution in [0.25, 0.3) is 11.4 Å². The summed E-state index contributed by atoms with van der Waals surface area (Å²) in [4.78, 5) is 17.7. The fourth-order valence-electron chi connectivity index (χ4n) is 2.89. The van der Waals surface area contributed by atoms with Crippen molar-refractivity contribution in [3.05, 3.63) is 30.2 Å². The summed E-state index contributed by atoms with van der Waals surface area (Å²) in [6.45, 7) is 0.277. The van der Waals surface area contributed by atoms with E-state index in [1.165, 1.54) is 24.3 Å². The number of H-pyrrole nitrogens is 1. The summed E-state index contributed by atoms with van der Waals surface area (Å²) in [7, 11) is 1.37. The highest BCUT2D eigenvalue weighted by atomic mass is 19.4. The van der Waals surface area contributed by atoms with E-state index in [1.54, 1.807) is 6.20 Å². The zero-order chi connectivity index (χ0) is 18.5. The lowest BCUT2D eigenvalue weighted by Gasteiger charge is -2.12. The fourth-order valence-corrected chi connectivity index (χ4v) is 2.89. The summed E-state index contributed by atoms with van der Waals surface area (Å²) in [6, 6.07) is 0. The molecule has 1 N–H and O–H groups in total. The van der Waals surface area contributed by atoms with E-state index in [0.717, 1.165) is 4.68 Å². The molecular weight excluding hydrogens is 355 g/mol. The van der Waals surface area contributed by atoms with E-state index in [4.69, 9.17) is 4.52 Å². The van der Waals surface area contributed by atoms with Crippen molar-refractivity contribution in [3.8, 4) is 11.4 Å². The number of nitrogens with one attached hydrogen (secondary N) is 1. The largest absolute Gasteiger partial charge is 0.435 e. The first-order valence-corrected chi connectivity index (χ1v) is 7.57. The van der Waals surface area contributed by atoms with Crippen LogP contribution in [0.5, 0.6) is 0 Å². The highest BCUT2D eigenvalue weighted by Gasteiger charge is 2.40. The number of aryl methyl sites for hydroxylation is 1. The third kappa shape index (κ3) is 2.72. The molecule has 0 radical (unpaired) electrons. The molecule has 1 saturated heterocycles. The maximum atomic E-state index is 13.1. The van der Waals surface area contributed by atoms with Crippen LogP contribution in [0.2, 0.25) is 0 Å². The zero-order valence-corrected chi connectivity index (χ0v) is 13.4. The van der Waals surface area contributed by atoms with Crippen molar-refractivity contribution >= 4 is 11.6 Å². The van der Waals surface area contributed by atoms with Crippen molar-refractivity contribution in [1.82, 2.24) is 30.1 Å². The topological polar surface area (TPSA) is 106 Å². The van der Waals surface area contributed by atoms with Gasteiger partial charge < -0.3 is 9.42 Å². The minimum atomic E-state index is -4.64. The second kappa shape index (κ2) is 5.68. The number of carbonyl (C=O) groups is 1. The van der Waals surface area contributed by atoms with Gasteiger partial charge >= 0.3 is 6.18 Å². The van der Waals surface area contributed by atoms with Gasteiger partial charge in [-0.15, -0.1) is 0 Å². The van der Waals surface area contributed by atoms with E-state index in [9.17, 15) is 18.0 Å². The van der Waals surface area contributed by atoms with Gasteiger partial charge in [0, 0.05) is 32.4 Å². The lowest BCUT2D eigenvalue weighted by molar-refractivity contribution is -0.141. The predicted molar refractivity (Wildman–Crippen MR) is 79.8 cm³/mol. The SMILES string of the molecule is Cn1cc(-c2noc(C3CC(=O)N(c4cn[nH]c4)C3)n2)c(C(F)(F)F)n1. The standard InChI is InChI=1S/C14H12F3N7O2/c1-23-6-9(11(21-23)14(15,16)17)12-20-13(26-22-12)7-2-10(25)24(5-7)8-3-18-19-4-8/h3-4,6-7H,2,5H2,1H3,(H,18,19). The summed E-state index contributed by atoms with van der Waals surface area (Å²) in [6.07, 6.45) is -0.269. The maximum absolute atomic E-state index is 13.1. The molecule has 0 saturated carbocycles. The van der Waals surface area contributed by atoms with E-state index >= 15 is 0 Å². The minimum Gasteiger partial charge on any atom is -0.339 e. The molecule has 1 fully saturated rings. The number of aromatic amines is 1. The van der Waals surface area contributed by atoms with Crippen molar-refractivity contribution in [2.24, 2.45) is 7.05 Å². The predicted octanol–water partition coefficient (Wildman–Crippen LogP) is 1.73. The molecule has 1 aliphatic rings. The molecule has 9 nitrogen and oxygen atoms in total. The summed E-state index contributed by atoms with van der Waals surface area (Å²) >= 11 is 0. The van der Waals surface area contributed by atoms with Crippen LogP contribution in [0, 0.1) is 0 Å². The van der Waals surface area contributed by atoms with Gasteiger partial charge in [0.05, 0.1) is 23.4 Å². The van der Waals surface area contributed by atoms with Crippen molar-refractivity contribution in [2.45, 2.75) is 18.5 Å². The number of rotatable bonds is 3. The summed E-state index contributed by atoms with van der Waals surface area (Å²) in [5.74, 6) is -0.677. The number of nitrogens with zero attached hydrogens (tertiary/aromatic N) is 6. The first-order valence-electron chi connectivity index (χ1n) is 7.57. The van der Waals surface area contributed by atoms with E-state index in [2.05, 4.69) is 25.4 Å². The second-order valence-electron chi connectivity index (χ2n) is 5.88. The van der Waals surface area contributed by atoms with Gasteiger partial charge in [-0.05, 0) is 0 Å². The Labute approximate surface area is 143 Å². The molecule has 0 spiro atoms. The molecule has 0 bridgehead atoms. The molecule has 0 aromatic carbocycles. The van der Waals surface area contributed by atoms with Gasteiger partial charge in [-0.25, -0.2) is 0 Å². The quantitative estimate of drug-likeness (QED) is 0.756. The van der Waals surface area contributed by atoms with Crippen LogP contribution < -0.4 is 4.90 Å². The Morgan fingerprint density at radius 3 is 2.88 bits per heavy atom. The molecule has 3 aromatic heterocycles. The van der Waals surface area contributed by atoms with Gasteiger partial charge in [0.2, 0.25) is 17.6 Å². The Balaban J connectivity index is 1.61. The fraction of sp³-hybridized carbons (Fsp3) is 0.357. The highest BCUT2D eigenvalue weighted by Crippen LogP contribution is 2.36. The molecule has 4 heterocycles. The molecular formula is C14H12F3N7O2. The van der Waals surface area contributed by atoms with Crippen molar-refractivity contribution < 1.29 is 22.5 Å². The van der Waals surface area contributed by atoms with Crippen LogP contribution in [0.1, 0.15) is 23.9 Å². The molecule has 1 unspecified atom stereocenters. The zero-order valence-electron chi connectivity index (χ0n) is 13.4. The summed E-state index contributed by atoms with van der Waals surface area (Å²) in [5, 5.41) is 13.5. The lowest BCUT2D eigenvalue weighted by Crippen LogP contribution is -2.23. The van der Waals surface area contributed by atoms with E-state index in [0.29, 0.717) is 5.69 Å². The lowest BCUT2D eigenvalue weighted by atomic mass is 10.1. The molecule has 136 valence electrons. The number of halogens is 3. The first-order chi connectivity index (χ1) is 12.3. The normalized spacial score (nSPS) is 18.1. The smallest absolute Gasteiger partial charge is 0.339 e. The maximum Gasteiger partial charge on any atom is 0.435 e. The molecule has 1 amide bonds. The molecule has 0 aliphatic carbocycles. The molecule has 3 aromatic rings. The summed E-state index contributed by atoms with van der Waals surface area (Å²) in [5.41, 5.74) is -0.759. The minimum absolute atomic E-state index is 0.108. The number of aromatic nitrogens is 6. The molecule has 1 aliphatic heterocycles. The van der Waals surface area contributed by atoms with Crippen LogP contribution in [-0.2, 0) is 18.0 Å². The molecule has 26 heavy (non-hydrogen) atoms. The molecule has 12 heteroatoms. The second-order valence-corrected chi connectivity index (χ2v) is 5.88. The number of alkyl halides is 3. The van der Waals surface area contributed by atoms with Gasteiger partial charge in [-0.3, -0.25) is 14.6 Å². The number of amides is 1. The van der Waals surface area contributed by atoms with Crippen LogP contribution in [0.15, 0.2) is 23.1 Å². The Kier molecular flexibility index (Phi) is 3.56. The number of hydrogen-bond donors (Lipinski definition) is 1. The molecule has 1 atom stereocenters. The number of hydrogen-bond acceptors (Lipinski definition) is 6. The Hall–Kier alpha value is -3.18. The Morgan fingerprint density at radius 1 is 1.38 bits per heavy atom. The van der Waals surface area contributed by atoms with Crippen LogP contribution in [-0.4, -0.2) is 42.6 Å². The average Bonchev–Trinajstić information content (AvgIpc) is 3.31. The highest BCUT2D eigenvalue weighted by molar-refractivity contribution is 5.96. The number of carbonyl (C=O) groups excluding carboxylic acids is 1. The van der Waals surface area contributed by atoms with E-state index in [1.807, 2.05) is 0 Å². The van der Waals surface area contributed by atoms with E-state index in [-0.39, 0.29) is 36.2 Å². The molecule has 4 rings (SSSR count). The van der Waals surface area contributed by atoms with Crippen molar-refractivity contribution in [1.29, 1.82) is 0 Å². The Morgan fingerprint density at radius 2 is 2.19 bits per heavy atom. The Bertz CT molecular complexity index is 944. The van der Waals surface area contributed by atoms with Crippen LogP contribution >= 0.6 is 0 Å². The van der Waals surface area contributed by atoms with Gasteiger partial charge in [-0.1, -0.05) is 5.16 Å². The van der Waals surface area contributed by atoms with Gasteiger partial charge in [0.1, 0.15) is 0 Å². The van der Waals surface area contributed by atoms with Crippen LogP contribution in [0.4, 0.5) is 18.9 Å².